The van der Waals surface area contributed by atoms with Crippen molar-refractivity contribution in [2.75, 3.05) is 13.2 Å². The van der Waals surface area contributed by atoms with Crippen molar-refractivity contribution in [1.82, 2.24) is 5.32 Å². The normalized spacial score (nSPS) is 13.3. The van der Waals surface area contributed by atoms with Crippen LogP contribution in [0.25, 0.3) is 0 Å². The van der Waals surface area contributed by atoms with Crippen molar-refractivity contribution in [3.63, 3.8) is 0 Å². The van der Waals surface area contributed by atoms with Gasteiger partial charge in [-0.3, -0.25) is 0 Å². The fourth-order valence-corrected chi connectivity index (χ4v) is 5.15. The van der Waals surface area contributed by atoms with Crippen molar-refractivity contribution in [2.24, 2.45) is 0 Å². The lowest BCUT2D eigenvalue weighted by Gasteiger charge is -2.18. The SMILES string of the molecule is Cc1cc(S(=O)(=O)c2ccc(C[C@@H](C)NC[C@@H](O)c3cccc(Cl)c3)cc2)ccc1OCC(=O)O. The molecule has 186 valence electrons. The average molecular weight is 518 g/mol. The van der Waals surface area contributed by atoms with Crippen LogP contribution in [0.15, 0.2) is 76.5 Å². The number of hydrogen-bond donors (Lipinski definition) is 3. The largest absolute Gasteiger partial charge is 0.482 e. The first-order chi connectivity index (χ1) is 16.6. The third-order valence-electron chi connectivity index (χ3n) is 5.48. The molecule has 0 radical (unpaired) electrons. The third-order valence-corrected chi connectivity index (χ3v) is 7.48. The summed E-state index contributed by atoms with van der Waals surface area (Å²) >= 11 is 5.98. The molecule has 0 amide bonds. The maximum atomic E-state index is 13.0. The molecular formula is C26H28ClNO6S. The Morgan fingerprint density at radius 3 is 2.37 bits per heavy atom. The fraction of sp³-hybridized carbons (Fsp3) is 0.269. The van der Waals surface area contributed by atoms with Gasteiger partial charge in [-0.15, -0.1) is 0 Å². The van der Waals surface area contributed by atoms with E-state index >= 15 is 0 Å². The molecule has 0 aromatic heterocycles. The molecule has 0 unspecified atom stereocenters. The van der Waals surface area contributed by atoms with E-state index in [-0.39, 0.29) is 15.8 Å². The van der Waals surface area contributed by atoms with E-state index in [1.165, 1.54) is 18.2 Å². The molecule has 0 aliphatic heterocycles. The lowest BCUT2D eigenvalue weighted by Crippen LogP contribution is -2.32. The molecule has 3 aromatic carbocycles. The Hall–Kier alpha value is -2.91. The van der Waals surface area contributed by atoms with Crippen LogP contribution in [0.3, 0.4) is 0 Å². The van der Waals surface area contributed by atoms with Crippen LogP contribution in [0.1, 0.15) is 29.7 Å². The molecule has 3 rings (SSSR count). The quantitative estimate of drug-likeness (QED) is 0.349. The summed E-state index contributed by atoms with van der Waals surface area (Å²) in [5, 5.41) is 23.0. The van der Waals surface area contributed by atoms with Gasteiger partial charge in [-0.1, -0.05) is 35.9 Å². The molecule has 7 nitrogen and oxygen atoms in total. The molecule has 3 aromatic rings. The van der Waals surface area contributed by atoms with Gasteiger partial charge >= 0.3 is 5.97 Å². The Balaban J connectivity index is 1.61. The number of halogens is 1. The lowest BCUT2D eigenvalue weighted by molar-refractivity contribution is -0.139. The summed E-state index contributed by atoms with van der Waals surface area (Å²) < 4.78 is 31.3. The molecule has 0 saturated carbocycles. The van der Waals surface area contributed by atoms with E-state index in [2.05, 4.69) is 5.32 Å². The van der Waals surface area contributed by atoms with Crippen molar-refractivity contribution >= 4 is 27.4 Å². The van der Waals surface area contributed by atoms with Crippen molar-refractivity contribution in [1.29, 1.82) is 0 Å². The van der Waals surface area contributed by atoms with Gasteiger partial charge in [0.05, 0.1) is 15.9 Å². The number of aryl methyl sites for hydroxylation is 1. The van der Waals surface area contributed by atoms with Crippen molar-refractivity contribution in [3.8, 4) is 5.75 Å². The van der Waals surface area contributed by atoms with Gasteiger partial charge in [0.2, 0.25) is 9.84 Å². The highest BCUT2D eigenvalue weighted by Gasteiger charge is 2.19. The molecule has 3 N–H and O–H groups in total. The summed E-state index contributed by atoms with van der Waals surface area (Å²) in [6, 6.07) is 18.2. The number of sulfone groups is 1. The second kappa shape index (κ2) is 11.7. The summed E-state index contributed by atoms with van der Waals surface area (Å²) in [4.78, 5) is 11.0. The van der Waals surface area contributed by atoms with Gasteiger partial charge in [-0.25, -0.2) is 13.2 Å². The molecule has 0 bridgehead atoms. The number of ether oxygens (including phenoxy) is 1. The number of nitrogens with one attached hydrogen (secondary N) is 1. The predicted octanol–water partition coefficient (Wildman–Crippen LogP) is 4.20. The van der Waals surface area contributed by atoms with E-state index in [0.717, 1.165) is 11.1 Å². The van der Waals surface area contributed by atoms with Crippen LogP contribution in [0.5, 0.6) is 5.75 Å². The minimum Gasteiger partial charge on any atom is -0.482 e. The Labute approximate surface area is 210 Å². The van der Waals surface area contributed by atoms with Gasteiger partial charge in [0.25, 0.3) is 0 Å². The molecule has 0 fully saturated rings. The highest BCUT2D eigenvalue weighted by Crippen LogP contribution is 2.27. The Bertz CT molecular complexity index is 1280. The first-order valence-electron chi connectivity index (χ1n) is 11.0. The molecule has 0 aliphatic carbocycles. The van der Waals surface area contributed by atoms with E-state index in [1.807, 2.05) is 13.0 Å². The number of carbonyl (C=O) groups is 1. The van der Waals surface area contributed by atoms with E-state index < -0.39 is 28.5 Å². The van der Waals surface area contributed by atoms with Crippen LogP contribution in [0.4, 0.5) is 0 Å². The van der Waals surface area contributed by atoms with Gasteiger partial charge < -0.3 is 20.3 Å². The van der Waals surface area contributed by atoms with E-state index in [9.17, 15) is 18.3 Å². The summed E-state index contributed by atoms with van der Waals surface area (Å²) in [5.41, 5.74) is 2.22. The summed E-state index contributed by atoms with van der Waals surface area (Å²) in [6.45, 7) is 3.52. The third kappa shape index (κ3) is 7.29. The standard InChI is InChI=1S/C26H28ClNO6S/c1-17-12-23(10-11-25(17)34-16-26(30)31)35(32,33)22-8-6-19(7-9-22)13-18(2)28-15-24(29)20-4-3-5-21(27)14-20/h3-12,14,18,24,28-29H,13,15-16H2,1-2H3,(H,30,31)/t18-,24-/m1/s1. The lowest BCUT2D eigenvalue weighted by atomic mass is 10.1. The zero-order valence-corrected chi connectivity index (χ0v) is 21.0. The van der Waals surface area contributed by atoms with Crippen molar-refractivity contribution in [3.05, 3.63) is 88.4 Å². The van der Waals surface area contributed by atoms with Crippen molar-refractivity contribution < 1.29 is 28.2 Å². The molecule has 0 saturated heterocycles. The smallest absolute Gasteiger partial charge is 0.341 e. The topological polar surface area (TPSA) is 113 Å². The second-order valence-corrected chi connectivity index (χ2v) is 10.7. The Morgan fingerprint density at radius 1 is 1.06 bits per heavy atom. The van der Waals surface area contributed by atoms with Crippen LogP contribution in [-0.2, 0) is 21.1 Å². The highest BCUT2D eigenvalue weighted by molar-refractivity contribution is 7.91. The van der Waals surface area contributed by atoms with Crippen LogP contribution < -0.4 is 10.1 Å². The van der Waals surface area contributed by atoms with Gasteiger partial charge in [-0.05, 0) is 79.4 Å². The number of aliphatic carboxylic acids is 1. The van der Waals surface area contributed by atoms with Crippen LogP contribution in [0.2, 0.25) is 5.02 Å². The zero-order valence-electron chi connectivity index (χ0n) is 19.4. The predicted molar refractivity (Wildman–Crippen MR) is 134 cm³/mol. The average Bonchev–Trinajstić information content (AvgIpc) is 2.82. The van der Waals surface area contributed by atoms with Crippen molar-refractivity contribution in [2.45, 2.75) is 42.2 Å². The summed E-state index contributed by atoms with van der Waals surface area (Å²) in [7, 11) is -3.74. The van der Waals surface area contributed by atoms with E-state index in [1.54, 1.807) is 49.4 Å². The molecule has 9 heteroatoms. The van der Waals surface area contributed by atoms with E-state index in [4.69, 9.17) is 21.4 Å². The molecule has 0 heterocycles. The Morgan fingerprint density at radius 2 is 1.74 bits per heavy atom. The minimum absolute atomic E-state index is 0.0484. The number of aliphatic hydroxyl groups is 1. The monoisotopic (exact) mass is 517 g/mol. The van der Waals surface area contributed by atoms with Crippen LogP contribution in [0, 0.1) is 6.92 Å². The van der Waals surface area contributed by atoms with Gasteiger partial charge in [0.15, 0.2) is 6.61 Å². The maximum absolute atomic E-state index is 13.0. The number of carboxylic acid groups (broad SMARTS) is 1. The molecule has 35 heavy (non-hydrogen) atoms. The number of carboxylic acids is 1. The van der Waals surface area contributed by atoms with E-state index in [0.29, 0.717) is 29.3 Å². The second-order valence-electron chi connectivity index (χ2n) is 8.34. The Kier molecular flexibility index (Phi) is 8.91. The van der Waals surface area contributed by atoms with Gasteiger partial charge in [0, 0.05) is 17.6 Å². The fourth-order valence-electron chi connectivity index (χ4n) is 3.60. The highest BCUT2D eigenvalue weighted by atomic mass is 35.5. The molecule has 0 spiro atoms. The maximum Gasteiger partial charge on any atom is 0.341 e. The first-order valence-corrected chi connectivity index (χ1v) is 12.9. The minimum atomic E-state index is -3.74. The summed E-state index contributed by atoms with van der Waals surface area (Å²) in [5.74, 6) is -0.786. The number of aliphatic hydroxyl groups excluding tert-OH is 1. The zero-order chi connectivity index (χ0) is 25.6. The first kappa shape index (κ1) is 26.7. The number of rotatable bonds is 11. The molecular weight excluding hydrogens is 490 g/mol. The van der Waals surface area contributed by atoms with Gasteiger partial charge in [-0.2, -0.15) is 0 Å². The molecule has 2 atom stereocenters. The van der Waals surface area contributed by atoms with Crippen LogP contribution in [-0.4, -0.2) is 43.8 Å². The number of benzene rings is 3. The summed E-state index contributed by atoms with van der Waals surface area (Å²) in [6.07, 6.45) is -0.0369. The number of hydrogen-bond acceptors (Lipinski definition) is 6. The molecule has 0 aliphatic rings. The van der Waals surface area contributed by atoms with Crippen LogP contribution >= 0.6 is 11.6 Å². The van der Waals surface area contributed by atoms with Gasteiger partial charge in [0.1, 0.15) is 5.75 Å².